The molecule has 1 amide bonds. The van der Waals surface area contributed by atoms with Crippen LogP contribution in [0.5, 0.6) is 0 Å². The average Bonchev–Trinajstić information content (AvgIpc) is 3.09. The molecule has 1 aromatic heterocycles. The fourth-order valence-electron chi connectivity index (χ4n) is 3.07. The lowest BCUT2D eigenvalue weighted by Crippen LogP contribution is -2.15. The molecule has 0 unspecified atom stereocenters. The summed E-state index contributed by atoms with van der Waals surface area (Å²) >= 11 is 3.09. The van der Waals surface area contributed by atoms with Gasteiger partial charge in [0.15, 0.2) is 5.16 Å². The summed E-state index contributed by atoms with van der Waals surface area (Å²) in [5.74, 6) is 2.33. The molecular formula is C22H25FN4OS2. The summed E-state index contributed by atoms with van der Waals surface area (Å²) in [6.07, 6.45) is 0. The number of aromatic nitrogens is 3. The minimum absolute atomic E-state index is 0.0668. The molecule has 2 aromatic carbocycles. The Kier molecular flexibility index (Phi) is 7.93. The van der Waals surface area contributed by atoms with Gasteiger partial charge in [-0.2, -0.15) is 0 Å². The van der Waals surface area contributed by atoms with Gasteiger partial charge >= 0.3 is 0 Å². The first-order chi connectivity index (χ1) is 14.4. The van der Waals surface area contributed by atoms with Crippen LogP contribution in [0.4, 0.5) is 10.1 Å². The number of thioether (sulfide) groups is 2. The summed E-state index contributed by atoms with van der Waals surface area (Å²) in [4.78, 5) is 12.3. The second-order valence-electron chi connectivity index (χ2n) is 6.98. The molecule has 3 aromatic rings. The van der Waals surface area contributed by atoms with Crippen molar-refractivity contribution in [2.45, 2.75) is 44.0 Å². The van der Waals surface area contributed by atoms with Crippen LogP contribution in [-0.2, 0) is 22.8 Å². The molecule has 1 N–H and O–H groups in total. The Morgan fingerprint density at radius 2 is 1.77 bits per heavy atom. The lowest BCUT2D eigenvalue weighted by molar-refractivity contribution is -0.113. The summed E-state index contributed by atoms with van der Waals surface area (Å²) in [6.45, 7) is 6.80. The van der Waals surface area contributed by atoms with Crippen molar-refractivity contribution in [1.82, 2.24) is 14.8 Å². The molecule has 0 atom stereocenters. The molecule has 30 heavy (non-hydrogen) atoms. The largest absolute Gasteiger partial charge is 0.325 e. The van der Waals surface area contributed by atoms with Gasteiger partial charge in [0.2, 0.25) is 5.91 Å². The Balaban J connectivity index is 1.53. The van der Waals surface area contributed by atoms with E-state index in [9.17, 15) is 9.18 Å². The summed E-state index contributed by atoms with van der Waals surface area (Å²) in [7, 11) is 0. The standard InChI is InChI=1S/C22H25FN4OS2/c1-4-27-20(13-29-12-17-5-7-18(23)8-6-17)25-26-22(27)30-14-21(28)24-19-10-15(2)9-16(3)11-19/h5-11H,4,12-14H2,1-3H3,(H,24,28). The minimum Gasteiger partial charge on any atom is -0.325 e. The number of halogens is 1. The summed E-state index contributed by atoms with van der Waals surface area (Å²) < 4.78 is 15.0. The SMILES string of the molecule is CCn1c(CSCc2ccc(F)cc2)nnc1SCC(=O)Nc1cc(C)cc(C)c1. The van der Waals surface area contributed by atoms with E-state index in [0.717, 1.165) is 45.7 Å². The molecule has 0 bridgehead atoms. The first-order valence-electron chi connectivity index (χ1n) is 9.70. The third kappa shape index (κ3) is 6.34. The highest BCUT2D eigenvalue weighted by Gasteiger charge is 2.13. The smallest absolute Gasteiger partial charge is 0.234 e. The van der Waals surface area contributed by atoms with E-state index in [-0.39, 0.29) is 17.5 Å². The maximum Gasteiger partial charge on any atom is 0.234 e. The number of carbonyl (C=O) groups is 1. The highest BCUT2D eigenvalue weighted by molar-refractivity contribution is 7.99. The van der Waals surface area contributed by atoms with Crippen molar-refractivity contribution in [3.05, 3.63) is 70.8 Å². The number of anilines is 1. The Morgan fingerprint density at radius 1 is 1.07 bits per heavy atom. The van der Waals surface area contributed by atoms with E-state index in [1.54, 1.807) is 23.9 Å². The Morgan fingerprint density at radius 3 is 2.43 bits per heavy atom. The van der Waals surface area contributed by atoms with Gasteiger partial charge in [0.05, 0.1) is 11.5 Å². The van der Waals surface area contributed by atoms with Gasteiger partial charge in [-0.25, -0.2) is 4.39 Å². The Hall–Kier alpha value is -2.32. The van der Waals surface area contributed by atoms with Crippen molar-refractivity contribution < 1.29 is 9.18 Å². The number of hydrogen-bond donors (Lipinski definition) is 1. The predicted molar refractivity (Wildman–Crippen MR) is 122 cm³/mol. The van der Waals surface area contributed by atoms with Gasteiger partial charge < -0.3 is 9.88 Å². The van der Waals surface area contributed by atoms with Crippen molar-refractivity contribution in [1.29, 1.82) is 0 Å². The Bertz CT molecular complexity index is 985. The number of hydrogen-bond acceptors (Lipinski definition) is 5. The predicted octanol–water partition coefficient (Wildman–Crippen LogP) is 5.22. The number of rotatable bonds is 9. The molecule has 0 fully saturated rings. The highest BCUT2D eigenvalue weighted by Crippen LogP contribution is 2.22. The molecule has 0 aliphatic heterocycles. The number of amides is 1. The van der Waals surface area contributed by atoms with Crippen LogP contribution in [0.2, 0.25) is 0 Å². The van der Waals surface area contributed by atoms with E-state index in [1.807, 2.05) is 37.5 Å². The molecule has 5 nitrogen and oxygen atoms in total. The summed E-state index contributed by atoms with van der Waals surface area (Å²) in [5, 5.41) is 12.2. The lowest BCUT2D eigenvalue weighted by Gasteiger charge is -2.09. The molecule has 0 radical (unpaired) electrons. The molecule has 0 aliphatic rings. The van der Waals surface area contributed by atoms with Crippen LogP contribution in [0.1, 0.15) is 29.4 Å². The van der Waals surface area contributed by atoms with Crippen LogP contribution in [-0.4, -0.2) is 26.4 Å². The van der Waals surface area contributed by atoms with E-state index in [2.05, 4.69) is 21.6 Å². The molecule has 0 spiro atoms. The van der Waals surface area contributed by atoms with Crippen LogP contribution in [0.3, 0.4) is 0 Å². The summed E-state index contributed by atoms with van der Waals surface area (Å²) in [5.41, 5.74) is 4.12. The third-order valence-electron chi connectivity index (χ3n) is 4.36. The monoisotopic (exact) mass is 444 g/mol. The zero-order chi connectivity index (χ0) is 21.5. The van der Waals surface area contributed by atoms with Crippen molar-refractivity contribution in [3.8, 4) is 0 Å². The zero-order valence-corrected chi connectivity index (χ0v) is 18.9. The van der Waals surface area contributed by atoms with Crippen molar-refractivity contribution in [2.24, 2.45) is 0 Å². The molecule has 0 aliphatic carbocycles. The number of aryl methyl sites for hydroxylation is 2. The molecule has 1 heterocycles. The maximum absolute atomic E-state index is 13.0. The summed E-state index contributed by atoms with van der Waals surface area (Å²) in [6, 6.07) is 12.5. The number of benzene rings is 2. The second kappa shape index (κ2) is 10.6. The van der Waals surface area contributed by atoms with E-state index in [0.29, 0.717) is 5.75 Å². The highest BCUT2D eigenvalue weighted by atomic mass is 32.2. The van der Waals surface area contributed by atoms with Crippen molar-refractivity contribution >= 4 is 35.1 Å². The average molecular weight is 445 g/mol. The van der Waals surface area contributed by atoms with Gasteiger partial charge in [0.25, 0.3) is 0 Å². The molecule has 8 heteroatoms. The van der Waals surface area contributed by atoms with Gasteiger partial charge in [-0.15, -0.1) is 22.0 Å². The van der Waals surface area contributed by atoms with Crippen molar-refractivity contribution in [2.75, 3.05) is 11.1 Å². The topological polar surface area (TPSA) is 59.8 Å². The van der Waals surface area contributed by atoms with Gasteiger partial charge in [-0.1, -0.05) is 30.0 Å². The second-order valence-corrected chi connectivity index (χ2v) is 8.90. The quantitative estimate of drug-likeness (QED) is 0.459. The van der Waals surface area contributed by atoms with E-state index >= 15 is 0 Å². The fourth-order valence-corrected chi connectivity index (χ4v) is 4.81. The molecular weight excluding hydrogens is 419 g/mol. The maximum atomic E-state index is 13.0. The normalized spacial score (nSPS) is 10.9. The fraction of sp³-hybridized carbons (Fsp3) is 0.318. The van der Waals surface area contributed by atoms with Crippen LogP contribution < -0.4 is 5.32 Å². The van der Waals surface area contributed by atoms with E-state index in [1.165, 1.54) is 23.9 Å². The van der Waals surface area contributed by atoms with Gasteiger partial charge in [-0.05, 0) is 61.7 Å². The number of carbonyl (C=O) groups excluding carboxylic acids is 1. The number of nitrogens with zero attached hydrogens (tertiary/aromatic N) is 3. The van der Waals surface area contributed by atoms with Gasteiger partial charge in [0, 0.05) is 18.0 Å². The first kappa shape index (κ1) is 22.4. The van der Waals surface area contributed by atoms with E-state index < -0.39 is 0 Å². The number of nitrogens with one attached hydrogen (secondary N) is 1. The van der Waals surface area contributed by atoms with Crippen LogP contribution in [0.25, 0.3) is 0 Å². The molecule has 0 saturated carbocycles. The van der Waals surface area contributed by atoms with Crippen LogP contribution >= 0.6 is 23.5 Å². The Labute approximate surface area is 184 Å². The van der Waals surface area contributed by atoms with E-state index in [4.69, 9.17) is 0 Å². The molecule has 0 saturated heterocycles. The zero-order valence-electron chi connectivity index (χ0n) is 17.3. The lowest BCUT2D eigenvalue weighted by atomic mass is 10.1. The molecule has 3 rings (SSSR count). The van der Waals surface area contributed by atoms with Gasteiger partial charge in [0.1, 0.15) is 11.6 Å². The third-order valence-corrected chi connectivity index (χ3v) is 6.33. The van der Waals surface area contributed by atoms with Crippen molar-refractivity contribution in [3.63, 3.8) is 0 Å². The minimum atomic E-state index is -0.224. The molecule has 158 valence electrons. The van der Waals surface area contributed by atoms with Crippen LogP contribution in [0, 0.1) is 19.7 Å². The van der Waals surface area contributed by atoms with Gasteiger partial charge in [-0.3, -0.25) is 4.79 Å². The van der Waals surface area contributed by atoms with Crippen LogP contribution in [0.15, 0.2) is 47.6 Å². The first-order valence-corrected chi connectivity index (χ1v) is 11.8.